The molecule has 0 saturated carbocycles. The van der Waals surface area contributed by atoms with E-state index in [1.807, 2.05) is 37.3 Å². The maximum Gasteiger partial charge on any atom is 0.220 e. The van der Waals surface area contributed by atoms with Crippen LogP contribution >= 0.6 is 0 Å². The molecule has 0 saturated heterocycles. The van der Waals surface area contributed by atoms with Gasteiger partial charge in [0.1, 0.15) is 5.82 Å². The van der Waals surface area contributed by atoms with Crippen molar-refractivity contribution < 1.29 is 9.60 Å². The molecule has 0 aliphatic heterocycles. The number of hydrogen-bond acceptors (Lipinski definition) is 5. The summed E-state index contributed by atoms with van der Waals surface area (Å²) in [6, 6.07) is 14.5. The minimum Gasteiger partial charge on any atom is -0.411 e. The van der Waals surface area contributed by atoms with Crippen molar-refractivity contribution in [1.29, 1.82) is 0 Å². The van der Waals surface area contributed by atoms with Gasteiger partial charge in [-0.3, -0.25) is 0 Å². The summed E-state index contributed by atoms with van der Waals surface area (Å²) in [5.41, 5.74) is 11.3. The molecule has 3 N–H and O–H groups in total. The summed E-state index contributed by atoms with van der Waals surface area (Å²) in [5, 5.41) is 13.1. The number of rotatable bonds is 2. The van der Waals surface area contributed by atoms with Crippen LogP contribution in [0.1, 0.15) is 34.9 Å². The molecule has 5 nitrogen and oxygen atoms in total. The summed E-state index contributed by atoms with van der Waals surface area (Å²) < 4.78 is 14.0. The van der Waals surface area contributed by atoms with Gasteiger partial charge >= 0.3 is 0 Å². The molecule has 0 radical (unpaired) electrons. The molecule has 27 heavy (non-hydrogen) atoms. The Bertz CT molecular complexity index is 1030. The quantitative estimate of drug-likeness (QED) is 0.531. The number of benzene rings is 2. The number of nitrogens with two attached hydrogens (primary N) is 1. The van der Waals surface area contributed by atoms with Crippen molar-refractivity contribution in [2.75, 3.05) is 5.73 Å². The summed E-state index contributed by atoms with van der Waals surface area (Å²) in [7, 11) is 0. The van der Waals surface area contributed by atoms with E-state index in [0.717, 1.165) is 27.9 Å². The number of oxime groups is 1. The Hall–Kier alpha value is -3.28. The lowest BCUT2D eigenvalue weighted by atomic mass is 9.78. The first-order valence-electron chi connectivity index (χ1n) is 8.76. The van der Waals surface area contributed by atoms with E-state index in [9.17, 15) is 9.60 Å². The second-order valence-corrected chi connectivity index (χ2v) is 6.74. The number of fused-ring (bicyclic) bond motifs is 1. The Labute approximate surface area is 156 Å². The van der Waals surface area contributed by atoms with Gasteiger partial charge in [0.15, 0.2) is 0 Å². The van der Waals surface area contributed by atoms with Gasteiger partial charge in [0, 0.05) is 12.0 Å². The van der Waals surface area contributed by atoms with Gasteiger partial charge in [-0.15, -0.1) is 0 Å². The van der Waals surface area contributed by atoms with Crippen molar-refractivity contribution in [1.82, 2.24) is 9.97 Å². The summed E-state index contributed by atoms with van der Waals surface area (Å²) in [6.45, 7) is 1.83. The van der Waals surface area contributed by atoms with E-state index in [-0.39, 0.29) is 17.7 Å². The van der Waals surface area contributed by atoms with Crippen LogP contribution in [-0.2, 0) is 6.42 Å². The van der Waals surface area contributed by atoms with Gasteiger partial charge in [0.05, 0.1) is 17.1 Å². The minimum absolute atomic E-state index is 0.00657. The predicted octanol–water partition coefficient (Wildman–Crippen LogP) is 4.08. The highest BCUT2D eigenvalue weighted by Crippen LogP contribution is 2.38. The summed E-state index contributed by atoms with van der Waals surface area (Å²) in [5.74, 6) is -0.0910. The molecule has 1 atom stereocenters. The van der Waals surface area contributed by atoms with Crippen molar-refractivity contribution in [3.63, 3.8) is 0 Å². The molecule has 1 aromatic heterocycles. The number of nitrogens with zero attached hydrogens (tertiary/aromatic N) is 3. The third kappa shape index (κ3) is 3.14. The monoisotopic (exact) mass is 362 g/mol. The fourth-order valence-electron chi connectivity index (χ4n) is 3.88. The Morgan fingerprint density at radius 3 is 2.63 bits per heavy atom. The van der Waals surface area contributed by atoms with E-state index in [4.69, 9.17) is 5.73 Å². The molecule has 0 spiro atoms. The SMILES string of the molecule is Cc1nc(N)nc2c1C(=NO)CC(c1ccc(F)cc1-c1ccccc1)C2. The van der Waals surface area contributed by atoms with Crippen LogP contribution in [-0.4, -0.2) is 20.9 Å². The maximum absolute atomic E-state index is 14.0. The molecule has 4 rings (SSSR count). The van der Waals surface area contributed by atoms with Crippen molar-refractivity contribution >= 4 is 11.7 Å². The lowest BCUT2D eigenvalue weighted by Crippen LogP contribution is -2.24. The largest absolute Gasteiger partial charge is 0.411 e. The minimum atomic E-state index is -0.285. The highest BCUT2D eigenvalue weighted by atomic mass is 19.1. The Balaban J connectivity index is 1.84. The summed E-state index contributed by atoms with van der Waals surface area (Å²) in [4.78, 5) is 8.55. The second-order valence-electron chi connectivity index (χ2n) is 6.74. The van der Waals surface area contributed by atoms with Crippen LogP contribution in [0.4, 0.5) is 10.3 Å². The number of anilines is 1. The van der Waals surface area contributed by atoms with Crippen LogP contribution in [0.2, 0.25) is 0 Å². The molecule has 2 aromatic carbocycles. The third-order valence-corrected chi connectivity index (χ3v) is 5.01. The van der Waals surface area contributed by atoms with Gasteiger partial charge in [0.25, 0.3) is 0 Å². The van der Waals surface area contributed by atoms with E-state index in [1.54, 1.807) is 12.1 Å². The van der Waals surface area contributed by atoms with Gasteiger partial charge in [-0.25, -0.2) is 14.4 Å². The lowest BCUT2D eigenvalue weighted by molar-refractivity contribution is 0.316. The van der Waals surface area contributed by atoms with Crippen molar-refractivity contribution in [2.24, 2.45) is 5.16 Å². The third-order valence-electron chi connectivity index (χ3n) is 5.01. The first-order valence-corrected chi connectivity index (χ1v) is 8.76. The number of hydrogen-bond donors (Lipinski definition) is 2. The molecule has 136 valence electrons. The molecule has 0 bridgehead atoms. The standard InChI is InChI=1S/C21H19FN4O/c1-12-20-18(25-21(23)24-12)9-14(10-19(20)26-27)16-8-7-15(22)11-17(16)13-5-3-2-4-6-13/h2-8,11,14,27H,9-10H2,1H3,(H2,23,24,25). The molecule has 1 aliphatic carbocycles. The first kappa shape index (κ1) is 17.1. The van der Waals surface area contributed by atoms with E-state index in [2.05, 4.69) is 15.1 Å². The molecule has 0 amide bonds. The molecular formula is C21H19FN4O. The lowest BCUT2D eigenvalue weighted by Gasteiger charge is -2.27. The average Bonchev–Trinajstić information content (AvgIpc) is 2.67. The molecule has 1 aliphatic rings. The van der Waals surface area contributed by atoms with Crippen LogP contribution in [0.5, 0.6) is 0 Å². The molecule has 1 heterocycles. The van der Waals surface area contributed by atoms with E-state index in [1.165, 1.54) is 6.07 Å². The smallest absolute Gasteiger partial charge is 0.220 e. The Morgan fingerprint density at radius 2 is 1.89 bits per heavy atom. The maximum atomic E-state index is 14.0. The van der Waals surface area contributed by atoms with Crippen molar-refractivity contribution in [2.45, 2.75) is 25.7 Å². The summed E-state index contributed by atoms with van der Waals surface area (Å²) in [6.07, 6.45) is 1.14. The van der Waals surface area contributed by atoms with E-state index in [0.29, 0.717) is 24.2 Å². The Kier molecular flexibility index (Phi) is 4.32. The highest BCUT2D eigenvalue weighted by molar-refractivity contribution is 6.03. The predicted molar refractivity (Wildman–Crippen MR) is 102 cm³/mol. The van der Waals surface area contributed by atoms with Crippen LogP contribution in [0.25, 0.3) is 11.1 Å². The highest BCUT2D eigenvalue weighted by Gasteiger charge is 2.30. The normalized spacial score (nSPS) is 17.7. The van der Waals surface area contributed by atoms with Gasteiger partial charge < -0.3 is 10.9 Å². The molecule has 0 fully saturated rings. The van der Waals surface area contributed by atoms with E-state index >= 15 is 0 Å². The summed E-state index contributed by atoms with van der Waals surface area (Å²) >= 11 is 0. The fraction of sp³-hybridized carbons (Fsp3) is 0.190. The number of nitrogen functional groups attached to an aromatic ring is 1. The van der Waals surface area contributed by atoms with Gasteiger partial charge in [-0.1, -0.05) is 41.6 Å². The van der Waals surface area contributed by atoms with Crippen LogP contribution in [0.3, 0.4) is 0 Å². The van der Waals surface area contributed by atoms with E-state index < -0.39 is 0 Å². The average molecular weight is 362 g/mol. The van der Waals surface area contributed by atoms with Crippen LogP contribution in [0.15, 0.2) is 53.7 Å². The van der Waals surface area contributed by atoms with Gasteiger partial charge in [0.2, 0.25) is 5.95 Å². The van der Waals surface area contributed by atoms with Crippen molar-refractivity contribution in [3.8, 4) is 11.1 Å². The zero-order valence-corrected chi connectivity index (χ0v) is 14.9. The molecule has 3 aromatic rings. The number of aromatic nitrogens is 2. The fourth-order valence-corrected chi connectivity index (χ4v) is 3.88. The molecule has 1 unspecified atom stereocenters. The Morgan fingerprint density at radius 1 is 1.11 bits per heavy atom. The number of halogens is 1. The number of aryl methyl sites for hydroxylation is 1. The van der Waals surface area contributed by atoms with Gasteiger partial charge in [-0.05, 0) is 48.1 Å². The molecule has 6 heteroatoms. The second kappa shape index (κ2) is 6.79. The van der Waals surface area contributed by atoms with Gasteiger partial charge in [-0.2, -0.15) is 0 Å². The zero-order valence-electron chi connectivity index (χ0n) is 14.9. The van der Waals surface area contributed by atoms with Crippen LogP contribution in [0, 0.1) is 12.7 Å². The van der Waals surface area contributed by atoms with Crippen molar-refractivity contribution in [3.05, 3.63) is 76.9 Å². The van der Waals surface area contributed by atoms with Crippen LogP contribution < -0.4 is 5.73 Å². The topological polar surface area (TPSA) is 84.4 Å². The first-order chi connectivity index (χ1) is 13.1. The molecular weight excluding hydrogens is 343 g/mol. The zero-order chi connectivity index (χ0) is 19.0.